The summed E-state index contributed by atoms with van der Waals surface area (Å²) in [5.74, 6) is 0.578. The van der Waals surface area contributed by atoms with Crippen molar-refractivity contribution < 1.29 is 0 Å². The Morgan fingerprint density at radius 2 is 1.09 bits per heavy atom. The highest BCUT2D eigenvalue weighted by molar-refractivity contribution is 5.44. The first-order valence-corrected chi connectivity index (χ1v) is 12.0. The first-order chi connectivity index (χ1) is 15.9. The third kappa shape index (κ3) is 5.73. The molecule has 0 amide bonds. The molecule has 0 saturated carbocycles. The lowest BCUT2D eigenvalue weighted by Crippen LogP contribution is -2.19. The molecule has 4 aromatic rings. The van der Waals surface area contributed by atoms with Crippen molar-refractivity contribution in [3.63, 3.8) is 0 Å². The summed E-state index contributed by atoms with van der Waals surface area (Å²) >= 11 is 0. The molecule has 0 aliphatic rings. The summed E-state index contributed by atoms with van der Waals surface area (Å²) in [5, 5.41) is 3.49. The Labute approximate surface area is 199 Å². The smallest absolute Gasteiger partial charge is 0.0400 e. The topological polar surface area (TPSA) is 12.0 Å². The van der Waals surface area contributed by atoms with E-state index in [4.69, 9.17) is 0 Å². The summed E-state index contributed by atoms with van der Waals surface area (Å²) in [6.07, 6.45) is 0.974. The van der Waals surface area contributed by atoms with Gasteiger partial charge in [-0.3, -0.25) is 0 Å². The SMILES string of the molecule is CC(C)c1ccc(Cc2ccc(C(C)(C)c3ccc(CNc4ccccc4)cc3)cc2)cc1. The van der Waals surface area contributed by atoms with Crippen LogP contribution in [0.4, 0.5) is 5.69 Å². The highest BCUT2D eigenvalue weighted by atomic mass is 14.9. The predicted molar refractivity (Wildman–Crippen MR) is 142 cm³/mol. The summed E-state index contributed by atoms with van der Waals surface area (Å²) in [7, 11) is 0. The van der Waals surface area contributed by atoms with Crippen LogP contribution in [0.15, 0.2) is 103 Å². The molecule has 168 valence electrons. The van der Waals surface area contributed by atoms with Gasteiger partial charge < -0.3 is 5.32 Å². The van der Waals surface area contributed by atoms with Gasteiger partial charge in [-0.25, -0.2) is 0 Å². The fourth-order valence-electron chi connectivity index (χ4n) is 4.26. The minimum Gasteiger partial charge on any atom is -0.381 e. The lowest BCUT2D eigenvalue weighted by Gasteiger charge is -2.26. The number of benzene rings is 4. The van der Waals surface area contributed by atoms with E-state index in [1.165, 1.54) is 33.4 Å². The van der Waals surface area contributed by atoms with E-state index in [9.17, 15) is 0 Å². The zero-order chi connectivity index (χ0) is 23.3. The Morgan fingerprint density at radius 1 is 0.606 bits per heavy atom. The van der Waals surface area contributed by atoms with Gasteiger partial charge in [-0.2, -0.15) is 0 Å². The van der Waals surface area contributed by atoms with Gasteiger partial charge in [0.05, 0.1) is 0 Å². The van der Waals surface area contributed by atoms with Crippen LogP contribution < -0.4 is 5.32 Å². The van der Waals surface area contributed by atoms with E-state index in [1.807, 2.05) is 6.07 Å². The third-order valence-corrected chi connectivity index (χ3v) is 6.68. The zero-order valence-electron chi connectivity index (χ0n) is 20.3. The Morgan fingerprint density at radius 3 is 1.61 bits per heavy atom. The van der Waals surface area contributed by atoms with E-state index >= 15 is 0 Å². The van der Waals surface area contributed by atoms with Crippen molar-refractivity contribution in [2.45, 2.75) is 52.0 Å². The van der Waals surface area contributed by atoms with Crippen molar-refractivity contribution in [3.8, 4) is 0 Å². The number of rotatable bonds is 8. The molecular formula is C32H35N. The molecule has 1 nitrogen and oxygen atoms in total. The maximum Gasteiger partial charge on any atom is 0.0400 e. The maximum absolute atomic E-state index is 3.49. The average molecular weight is 434 g/mol. The highest BCUT2D eigenvalue weighted by Crippen LogP contribution is 2.32. The van der Waals surface area contributed by atoms with E-state index in [0.29, 0.717) is 5.92 Å². The molecule has 1 heteroatoms. The molecular weight excluding hydrogens is 398 g/mol. The van der Waals surface area contributed by atoms with Crippen molar-refractivity contribution in [2.75, 3.05) is 5.32 Å². The van der Waals surface area contributed by atoms with Crippen molar-refractivity contribution >= 4 is 5.69 Å². The number of hydrogen-bond acceptors (Lipinski definition) is 1. The normalized spacial score (nSPS) is 11.5. The van der Waals surface area contributed by atoms with Crippen LogP contribution in [0.5, 0.6) is 0 Å². The van der Waals surface area contributed by atoms with Crippen LogP contribution in [0.1, 0.15) is 67.0 Å². The third-order valence-electron chi connectivity index (χ3n) is 6.68. The molecule has 4 rings (SSSR count). The van der Waals surface area contributed by atoms with Crippen LogP contribution in [-0.2, 0) is 18.4 Å². The summed E-state index contributed by atoms with van der Waals surface area (Å²) in [4.78, 5) is 0. The molecule has 0 fully saturated rings. The standard InChI is InChI=1S/C32H35N/c1-24(2)28-16-10-25(11-17-28)22-26-12-18-29(19-13-26)32(3,4)30-20-14-27(15-21-30)23-33-31-8-6-5-7-9-31/h5-21,24,33H,22-23H2,1-4H3. The van der Waals surface area contributed by atoms with Gasteiger partial charge >= 0.3 is 0 Å². The molecule has 0 saturated heterocycles. The number of nitrogens with one attached hydrogen (secondary N) is 1. The molecule has 0 aliphatic carbocycles. The molecule has 0 radical (unpaired) electrons. The summed E-state index contributed by atoms with van der Waals surface area (Å²) in [6.45, 7) is 9.93. The molecule has 0 heterocycles. The fourth-order valence-corrected chi connectivity index (χ4v) is 4.26. The van der Waals surface area contributed by atoms with E-state index in [0.717, 1.165) is 18.7 Å². The van der Waals surface area contributed by atoms with Crippen LogP contribution in [0.25, 0.3) is 0 Å². The van der Waals surface area contributed by atoms with Gasteiger partial charge in [0, 0.05) is 17.6 Å². The first-order valence-electron chi connectivity index (χ1n) is 12.0. The maximum atomic E-state index is 3.49. The van der Waals surface area contributed by atoms with E-state index in [2.05, 4.69) is 130 Å². The van der Waals surface area contributed by atoms with Crippen molar-refractivity contribution in [2.24, 2.45) is 0 Å². The molecule has 0 atom stereocenters. The number of hydrogen-bond donors (Lipinski definition) is 1. The second kappa shape index (κ2) is 10.1. The Balaban J connectivity index is 1.41. The molecule has 33 heavy (non-hydrogen) atoms. The zero-order valence-corrected chi connectivity index (χ0v) is 20.3. The van der Waals surface area contributed by atoms with Gasteiger partial charge in [0.15, 0.2) is 0 Å². The van der Waals surface area contributed by atoms with E-state index in [-0.39, 0.29) is 5.41 Å². The first kappa shape index (κ1) is 22.9. The van der Waals surface area contributed by atoms with Crippen LogP contribution in [-0.4, -0.2) is 0 Å². The molecule has 0 aliphatic heterocycles. The molecule has 4 aromatic carbocycles. The second-order valence-electron chi connectivity index (χ2n) is 9.81. The van der Waals surface area contributed by atoms with Gasteiger partial charge in [-0.1, -0.05) is 119 Å². The lowest BCUT2D eigenvalue weighted by molar-refractivity contribution is 0.640. The van der Waals surface area contributed by atoms with Gasteiger partial charge in [0.1, 0.15) is 0 Å². The van der Waals surface area contributed by atoms with Crippen molar-refractivity contribution in [1.29, 1.82) is 0 Å². The molecule has 0 unspecified atom stereocenters. The Kier molecular flexibility index (Phi) is 6.99. The van der Waals surface area contributed by atoms with Gasteiger partial charge in [-0.15, -0.1) is 0 Å². The Hall–Kier alpha value is -3.32. The van der Waals surface area contributed by atoms with Crippen molar-refractivity contribution in [1.82, 2.24) is 0 Å². The lowest BCUT2D eigenvalue weighted by atomic mass is 9.77. The number of anilines is 1. The van der Waals surface area contributed by atoms with Gasteiger partial charge in [-0.05, 0) is 57.9 Å². The quantitative estimate of drug-likeness (QED) is 0.294. The number of para-hydroxylation sites is 1. The van der Waals surface area contributed by atoms with E-state index < -0.39 is 0 Å². The molecule has 0 spiro atoms. The molecule has 0 bridgehead atoms. The monoisotopic (exact) mass is 433 g/mol. The summed E-state index contributed by atoms with van der Waals surface area (Å²) in [6, 6.07) is 37.6. The van der Waals surface area contributed by atoms with E-state index in [1.54, 1.807) is 0 Å². The minimum absolute atomic E-state index is 0.0389. The average Bonchev–Trinajstić information content (AvgIpc) is 2.84. The van der Waals surface area contributed by atoms with Gasteiger partial charge in [0.2, 0.25) is 0 Å². The largest absolute Gasteiger partial charge is 0.381 e. The molecule has 1 N–H and O–H groups in total. The second-order valence-corrected chi connectivity index (χ2v) is 9.81. The molecule has 0 aromatic heterocycles. The predicted octanol–water partition coefficient (Wildman–Crippen LogP) is 8.34. The minimum atomic E-state index is -0.0389. The van der Waals surface area contributed by atoms with Crippen LogP contribution >= 0.6 is 0 Å². The van der Waals surface area contributed by atoms with Crippen molar-refractivity contribution in [3.05, 3.63) is 137 Å². The Bertz CT molecular complexity index is 1140. The van der Waals surface area contributed by atoms with Crippen LogP contribution in [0, 0.1) is 0 Å². The fraction of sp³-hybridized carbons (Fsp3) is 0.250. The highest BCUT2D eigenvalue weighted by Gasteiger charge is 2.22. The van der Waals surface area contributed by atoms with Crippen LogP contribution in [0.2, 0.25) is 0 Å². The summed E-state index contributed by atoms with van der Waals surface area (Å²) in [5.41, 5.74) is 9.20. The summed E-state index contributed by atoms with van der Waals surface area (Å²) < 4.78 is 0. The van der Waals surface area contributed by atoms with Crippen LogP contribution in [0.3, 0.4) is 0 Å². The van der Waals surface area contributed by atoms with Gasteiger partial charge in [0.25, 0.3) is 0 Å².